The average molecular weight is 323 g/mol. The molecule has 1 heterocycles. The summed E-state index contributed by atoms with van der Waals surface area (Å²) in [6.07, 6.45) is 0.823. The molecule has 0 spiro atoms. The van der Waals surface area contributed by atoms with E-state index in [2.05, 4.69) is 50.9 Å². The molecule has 0 unspecified atom stereocenters. The van der Waals surface area contributed by atoms with Gasteiger partial charge in [-0.1, -0.05) is 52.8 Å². The number of benzene rings is 2. The molecule has 1 aromatic heterocycles. The van der Waals surface area contributed by atoms with E-state index in [9.17, 15) is 5.11 Å². The maximum absolute atomic E-state index is 10.8. The van der Waals surface area contributed by atoms with Gasteiger partial charge >= 0.3 is 0 Å². The maximum atomic E-state index is 10.8. The van der Waals surface area contributed by atoms with Crippen molar-refractivity contribution >= 4 is 11.0 Å². The first-order valence-electron chi connectivity index (χ1n) is 8.44. The number of fused-ring (bicyclic) bond motifs is 1. The summed E-state index contributed by atoms with van der Waals surface area (Å²) in [6, 6.07) is 11.9. The third-order valence-electron chi connectivity index (χ3n) is 4.17. The molecule has 4 nitrogen and oxygen atoms in total. The van der Waals surface area contributed by atoms with E-state index < -0.39 is 0 Å². The molecule has 0 fully saturated rings. The van der Waals surface area contributed by atoms with E-state index in [-0.39, 0.29) is 11.2 Å². The molecule has 0 radical (unpaired) electrons. The van der Waals surface area contributed by atoms with Gasteiger partial charge in [-0.25, -0.2) is 0 Å². The van der Waals surface area contributed by atoms with E-state index in [4.69, 9.17) is 0 Å². The summed E-state index contributed by atoms with van der Waals surface area (Å²) < 4.78 is 0. The minimum Gasteiger partial charge on any atom is -0.505 e. The molecule has 3 rings (SSSR count). The molecule has 0 atom stereocenters. The Labute approximate surface area is 143 Å². The Morgan fingerprint density at radius 2 is 1.62 bits per heavy atom. The molecule has 126 valence electrons. The van der Waals surface area contributed by atoms with Crippen LogP contribution in [0.4, 0.5) is 0 Å². The van der Waals surface area contributed by atoms with Crippen molar-refractivity contribution in [3.05, 3.63) is 47.5 Å². The Morgan fingerprint density at radius 3 is 2.12 bits per heavy atom. The summed E-state index contributed by atoms with van der Waals surface area (Å²) in [7, 11) is 0. The van der Waals surface area contributed by atoms with Gasteiger partial charge in [-0.2, -0.15) is 0 Å². The summed E-state index contributed by atoms with van der Waals surface area (Å²) >= 11 is 0. The van der Waals surface area contributed by atoms with E-state index in [0.29, 0.717) is 11.6 Å². The molecule has 1 N–H and O–H groups in total. The minimum atomic E-state index is -0.0131. The van der Waals surface area contributed by atoms with Gasteiger partial charge in [0.1, 0.15) is 22.5 Å². The second-order valence-corrected chi connectivity index (χ2v) is 7.83. The number of nitrogens with zero attached hydrogens (tertiary/aromatic N) is 3. The van der Waals surface area contributed by atoms with Gasteiger partial charge < -0.3 is 5.11 Å². The van der Waals surface area contributed by atoms with E-state index in [0.717, 1.165) is 23.0 Å². The Hall–Kier alpha value is -2.36. The Balaban J connectivity index is 2.21. The van der Waals surface area contributed by atoms with Crippen LogP contribution in [-0.2, 0) is 11.8 Å². The van der Waals surface area contributed by atoms with Crippen LogP contribution >= 0.6 is 0 Å². The van der Waals surface area contributed by atoms with Gasteiger partial charge in [0.15, 0.2) is 0 Å². The summed E-state index contributed by atoms with van der Waals surface area (Å²) in [6.45, 7) is 10.8. The van der Waals surface area contributed by atoms with Crippen LogP contribution in [0.5, 0.6) is 5.75 Å². The SMILES string of the molecule is CC(C)Cc1cc(C(C)(C)C)cc(-n2nc3ccccc3n2)c1O. The van der Waals surface area contributed by atoms with Crippen LogP contribution < -0.4 is 0 Å². The summed E-state index contributed by atoms with van der Waals surface area (Å²) in [5, 5.41) is 19.9. The van der Waals surface area contributed by atoms with Crippen LogP contribution in [0.3, 0.4) is 0 Å². The third kappa shape index (κ3) is 3.14. The van der Waals surface area contributed by atoms with Crippen molar-refractivity contribution in [1.29, 1.82) is 0 Å². The van der Waals surface area contributed by atoms with Gasteiger partial charge in [-0.05, 0) is 47.1 Å². The molecule has 3 aromatic rings. The molecular weight excluding hydrogens is 298 g/mol. The van der Waals surface area contributed by atoms with Crippen molar-refractivity contribution in [2.45, 2.75) is 46.5 Å². The summed E-state index contributed by atoms with van der Waals surface area (Å²) in [5.74, 6) is 0.737. The van der Waals surface area contributed by atoms with Crippen molar-refractivity contribution in [2.24, 2.45) is 5.92 Å². The van der Waals surface area contributed by atoms with Crippen molar-refractivity contribution in [3.63, 3.8) is 0 Å². The second-order valence-electron chi connectivity index (χ2n) is 7.83. The fraction of sp³-hybridized carbons (Fsp3) is 0.400. The van der Waals surface area contributed by atoms with Crippen molar-refractivity contribution in [2.75, 3.05) is 0 Å². The number of aromatic nitrogens is 3. The second kappa shape index (κ2) is 5.93. The van der Waals surface area contributed by atoms with Crippen LogP contribution in [-0.4, -0.2) is 20.1 Å². The monoisotopic (exact) mass is 323 g/mol. The Kier molecular flexibility index (Phi) is 4.08. The zero-order valence-corrected chi connectivity index (χ0v) is 15.0. The van der Waals surface area contributed by atoms with Crippen LogP contribution in [0.15, 0.2) is 36.4 Å². The van der Waals surface area contributed by atoms with Gasteiger partial charge in [0.2, 0.25) is 0 Å². The summed E-state index contributed by atoms with van der Waals surface area (Å²) in [4.78, 5) is 1.55. The van der Waals surface area contributed by atoms with E-state index in [1.165, 1.54) is 5.56 Å². The molecule has 0 bridgehead atoms. The molecule has 0 aliphatic rings. The first-order valence-corrected chi connectivity index (χ1v) is 8.44. The van der Waals surface area contributed by atoms with Gasteiger partial charge in [-0.3, -0.25) is 0 Å². The lowest BCUT2D eigenvalue weighted by atomic mass is 9.84. The molecule has 0 amide bonds. The Morgan fingerprint density at radius 1 is 1.04 bits per heavy atom. The van der Waals surface area contributed by atoms with Gasteiger partial charge in [0.25, 0.3) is 0 Å². The number of phenolic OH excluding ortho intramolecular Hbond substituents is 1. The van der Waals surface area contributed by atoms with E-state index >= 15 is 0 Å². The van der Waals surface area contributed by atoms with Gasteiger partial charge in [0.05, 0.1) is 0 Å². The first kappa shape index (κ1) is 16.5. The Bertz CT molecular complexity index is 839. The topological polar surface area (TPSA) is 50.9 Å². The van der Waals surface area contributed by atoms with Crippen LogP contribution in [0.25, 0.3) is 16.7 Å². The molecule has 4 heteroatoms. The quantitative estimate of drug-likeness (QED) is 0.765. The lowest BCUT2D eigenvalue weighted by molar-refractivity contribution is 0.453. The first-order chi connectivity index (χ1) is 11.3. The van der Waals surface area contributed by atoms with Crippen LogP contribution in [0.1, 0.15) is 45.7 Å². The molecular formula is C20H25N3O. The lowest BCUT2D eigenvalue weighted by Gasteiger charge is -2.22. The highest BCUT2D eigenvalue weighted by Crippen LogP contribution is 2.34. The molecule has 24 heavy (non-hydrogen) atoms. The van der Waals surface area contributed by atoms with Gasteiger partial charge in [-0.15, -0.1) is 15.0 Å². The van der Waals surface area contributed by atoms with Crippen molar-refractivity contribution in [1.82, 2.24) is 15.0 Å². The summed E-state index contributed by atoms with van der Waals surface area (Å²) in [5.41, 5.74) is 4.41. The van der Waals surface area contributed by atoms with Crippen molar-refractivity contribution in [3.8, 4) is 11.4 Å². The van der Waals surface area contributed by atoms with Crippen LogP contribution in [0.2, 0.25) is 0 Å². The zero-order chi connectivity index (χ0) is 17.5. The standard InChI is InChI=1S/C20H25N3O/c1-13(2)10-14-11-15(20(3,4)5)12-18(19(14)24)23-21-16-8-6-7-9-17(16)22-23/h6-9,11-13,24H,10H2,1-5H3. The van der Waals surface area contributed by atoms with E-state index in [1.54, 1.807) is 4.80 Å². The molecule has 2 aromatic carbocycles. The van der Waals surface area contributed by atoms with E-state index in [1.807, 2.05) is 30.3 Å². The normalized spacial score (nSPS) is 12.2. The number of phenols is 1. The van der Waals surface area contributed by atoms with Crippen molar-refractivity contribution < 1.29 is 5.11 Å². The highest BCUT2D eigenvalue weighted by molar-refractivity contribution is 5.73. The molecule has 0 saturated heterocycles. The lowest BCUT2D eigenvalue weighted by Crippen LogP contribution is -2.14. The smallest absolute Gasteiger partial charge is 0.146 e. The predicted molar refractivity (Wildman–Crippen MR) is 97.8 cm³/mol. The molecule has 0 aliphatic carbocycles. The highest BCUT2D eigenvalue weighted by atomic mass is 16.3. The number of hydrogen-bond acceptors (Lipinski definition) is 3. The third-order valence-corrected chi connectivity index (χ3v) is 4.17. The predicted octanol–water partition coefficient (Wildman–Crippen LogP) is 4.62. The zero-order valence-electron chi connectivity index (χ0n) is 15.0. The maximum Gasteiger partial charge on any atom is 0.146 e. The highest BCUT2D eigenvalue weighted by Gasteiger charge is 2.21. The minimum absolute atomic E-state index is 0.0131. The molecule has 0 aliphatic heterocycles. The van der Waals surface area contributed by atoms with Gasteiger partial charge in [0, 0.05) is 0 Å². The number of rotatable bonds is 3. The fourth-order valence-corrected chi connectivity index (χ4v) is 2.83. The molecule has 0 saturated carbocycles. The fourth-order valence-electron chi connectivity index (χ4n) is 2.83. The largest absolute Gasteiger partial charge is 0.505 e. The number of aromatic hydroxyl groups is 1. The average Bonchev–Trinajstić information content (AvgIpc) is 2.91. The van der Waals surface area contributed by atoms with Crippen LogP contribution in [0, 0.1) is 5.92 Å². The number of hydrogen-bond donors (Lipinski definition) is 1.